The molecule has 0 aliphatic rings. The number of benzene rings is 1. The summed E-state index contributed by atoms with van der Waals surface area (Å²) in [4.78, 5) is 10.3. The van der Waals surface area contributed by atoms with Crippen LogP contribution in [0.25, 0.3) is 11.0 Å². The average molecular weight is 231 g/mol. The largest absolute Gasteiger partial charge is 0.342 e. The Balaban J connectivity index is 1.91. The van der Waals surface area contributed by atoms with Crippen LogP contribution >= 0.6 is 0 Å². The first kappa shape index (κ1) is 12.1. The zero-order valence-electron chi connectivity index (χ0n) is 10.9. The van der Waals surface area contributed by atoms with Crippen molar-refractivity contribution in [1.29, 1.82) is 0 Å². The van der Waals surface area contributed by atoms with Crippen molar-refractivity contribution in [3.8, 4) is 0 Å². The second-order valence-corrected chi connectivity index (χ2v) is 4.88. The summed E-state index contributed by atoms with van der Waals surface area (Å²) in [6.07, 6.45) is 2.17. The maximum Gasteiger partial charge on any atom is 0.107 e. The molecule has 0 atom stereocenters. The molecular weight excluding hydrogens is 210 g/mol. The number of H-pyrrole nitrogens is 1. The van der Waals surface area contributed by atoms with Crippen molar-refractivity contribution in [1.82, 2.24) is 14.9 Å². The molecule has 0 amide bonds. The van der Waals surface area contributed by atoms with Crippen molar-refractivity contribution in [3.05, 3.63) is 30.1 Å². The fraction of sp³-hybridized carbons (Fsp3) is 0.500. The van der Waals surface area contributed by atoms with Gasteiger partial charge in [0.2, 0.25) is 0 Å². The van der Waals surface area contributed by atoms with Gasteiger partial charge in [-0.1, -0.05) is 12.1 Å². The van der Waals surface area contributed by atoms with Crippen LogP contribution in [0.5, 0.6) is 0 Å². The van der Waals surface area contributed by atoms with Gasteiger partial charge in [-0.25, -0.2) is 4.98 Å². The summed E-state index contributed by atoms with van der Waals surface area (Å²) in [6, 6.07) is 8.81. The van der Waals surface area contributed by atoms with Gasteiger partial charge in [0, 0.05) is 12.5 Å². The molecule has 0 spiro atoms. The van der Waals surface area contributed by atoms with E-state index in [0.717, 1.165) is 36.2 Å². The van der Waals surface area contributed by atoms with Gasteiger partial charge in [-0.15, -0.1) is 0 Å². The topological polar surface area (TPSA) is 31.9 Å². The van der Waals surface area contributed by atoms with Gasteiger partial charge >= 0.3 is 0 Å². The zero-order valence-corrected chi connectivity index (χ0v) is 10.9. The summed E-state index contributed by atoms with van der Waals surface area (Å²) < 4.78 is 0. The van der Waals surface area contributed by atoms with Crippen molar-refractivity contribution in [3.63, 3.8) is 0 Å². The number of fused-ring (bicyclic) bond motifs is 1. The maximum atomic E-state index is 4.58. The van der Waals surface area contributed by atoms with E-state index in [-0.39, 0.29) is 0 Å². The number of imidazole rings is 1. The summed E-state index contributed by atoms with van der Waals surface area (Å²) in [6.45, 7) is 5.57. The molecule has 0 fully saturated rings. The van der Waals surface area contributed by atoms with Crippen LogP contribution in [-0.4, -0.2) is 34.5 Å². The number of rotatable bonds is 5. The first-order valence-corrected chi connectivity index (χ1v) is 6.30. The Hall–Kier alpha value is -1.35. The van der Waals surface area contributed by atoms with Crippen LogP contribution in [0, 0.1) is 0 Å². The Kier molecular flexibility index (Phi) is 3.79. The molecule has 0 saturated heterocycles. The third-order valence-corrected chi connectivity index (χ3v) is 3.24. The average Bonchev–Trinajstić information content (AvgIpc) is 2.71. The first-order valence-electron chi connectivity index (χ1n) is 6.30. The lowest BCUT2D eigenvalue weighted by Crippen LogP contribution is -2.27. The van der Waals surface area contributed by atoms with E-state index in [4.69, 9.17) is 0 Å². The molecule has 0 radical (unpaired) electrons. The minimum absolute atomic E-state index is 0.616. The summed E-state index contributed by atoms with van der Waals surface area (Å²) >= 11 is 0. The van der Waals surface area contributed by atoms with Crippen LogP contribution < -0.4 is 0 Å². The van der Waals surface area contributed by atoms with E-state index in [1.54, 1.807) is 0 Å². The molecule has 17 heavy (non-hydrogen) atoms. The Labute approximate surface area is 103 Å². The first-order chi connectivity index (χ1) is 8.16. The predicted octanol–water partition coefficient (Wildman–Crippen LogP) is 2.84. The van der Waals surface area contributed by atoms with Crippen LogP contribution in [0.2, 0.25) is 0 Å². The van der Waals surface area contributed by atoms with Crippen LogP contribution in [0.15, 0.2) is 24.3 Å². The summed E-state index contributed by atoms with van der Waals surface area (Å²) in [5.41, 5.74) is 2.21. The van der Waals surface area contributed by atoms with E-state index in [1.807, 2.05) is 12.1 Å². The third-order valence-electron chi connectivity index (χ3n) is 3.24. The van der Waals surface area contributed by atoms with Gasteiger partial charge in [0.15, 0.2) is 0 Å². The Morgan fingerprint density at radius 2 is 2.06 bits per heavy atom. The van der Waals surface area contributed by atoms with Crippen molar-refractivity contribution in [2.75, 3.05) is 13.6 Å². The van der Waals surface area contributed by atoms with E-state index < -0.39 is 0 Å². The molecule has 0 saturated carbocycles. The minimum Gasteiger partial charge on any atom is -0.342 e. The maximum absolute atomic E-state index is 4.58. The van der Waals surface area contributed by atoms with E-state index >= 15 is 0 Å². The fourth-order valence-electron chi connectivity index (χ4n) is 1.88. The van der Waals surface area contributed by atoms with Gasteiger partial charge in [-0.05, 0) is 46.0 Å². The zero-order chi connectivity index (χ0) is 12.3. The number of aromatic amines is 1. The van der Waals surface area contributed by atoms with Gasteiger partial charge in [-0.3, -0.25) is 0 Å². The van der Waals surface area contributed by atoms with Crippen LogP contribution in [0.3, 0.4) is 0 Å². The molecule has 2 aromatic rings. The number of nitrogens with one attached hydrogen (secondary N) is 1. The number of hydrogen-bond acceptors (Lipinski definition) is 2. The highest BCUT2D eigenvalue weighted by atomic mass is 15.1. The second kappa shape index (κ2) is 5.32. The van der Waals surface area contributed by atoms with Crippen LogP contribution in [-0.2, 0) is 6.42 Å². The highest BCUT2D eigenvalue weighted by Gasteiger charge is 2.05. The number of para-hydroxylation sites is 2. The Morgan fingerprint density at radius 1 is 1.29 bits per heavy atom. The van der Waals surface area contributed by atoms with Gasteiger partial charge in [0.25, 0.3) is 0 Å². The molecule has 3 nitrogen and oxygen atoms in total. The molecule has 1 N–H and O–H groups in total. The summed E-state index contributed by atoms with van der Waals surface area (Å²) in [7, 11) is 2.17. The molecule has 1 aromatic carbocycles. The molecule has 92 valence electrons. The molecule has 3 heteroatoms. The van der Waals surface area contributed by atoms with Gasteiger partial charge in [0.1, 0.15) is 5.82 Å². The normalized spacial score (nSPS) is 11.8. The van der Waals surface area contributed by atoms with Crippen LogP contribution in [0.1, 0.15) is 26.1 Å². The SMILES string of the molecule is CC(C)N(C)CCCc1nc2ccccc2[nH]1. The molecular formula is C14H21N3. The van der Waals surface area contributed by atoms with Gasteiger partial charge in [0.05, 0.1) is 11.0 Å². The van der Waals surface area contributed by atoms with E-state index in [2.05, 4.69) is 47.9 Å². The third kappa shape index (κ3) is 3.07. The summed E-state index contributed by atoms with van der Waals surface area (Å²) in [5.74, 6) is 1.10. The quantitative estimate of drug-likeness (QED) is 0.858. The van der Waals surface area contributed by atoms with Crippen molar-refractivity contribution in [2.24, 2.45) is 0 Å². The molecule has 1 heterocycles. The van der Waals surface area contributed by atoms with Crippen LogP contribution in [0.4, 0.5) is 0 Å². The molecule has 0 aliphatic heterocycles. The predicted molar refractivity (Wildman–Crippen MR) is 72.2 cm³/mol. The molecule has 1 aromatic heterocycles. The minimum atomic E-state index is 0.616. The van der Waals surface area contributed by atoms with E-state index in [9.17, 15) is 0 Å². The molecule has 2 rings (SSSR count). The van der Waals surface area contributed by atoms with Crippen molar-refractivity contribution < 1.29 is 0 Å². The lowest BCUT2D eigenvalue weighted by molar-refractivity contribution is 0.270. The highest BCUT2D eigenvalue weighted by Crippen LogP contribution is 2.11. The highest BCUT2D eigenvalue weighted by molar-refractivity contribution is 5.74. The number of aromatic nitrogens is 2. The smallest absolute Gasteiger partial charge is 0.107 e. The summed E-state index contributed by atoms with van der Waals surface area (Å²) in [5, 5.41) is 0. The lowest BCUT2D eigenvalue weighted by atomic mass is 10.2. The van der Waals surface area contributed by atoms with E-state index in [1.165, 1.54) is 0 Å². The number of hydrogen-bond donors (Lipinski definition) is 1. The molecule has 0 unspecified atom stereocenters. The standard InChI is InChI=1S/C14H21N3/c1-11(2)17(3)10-6-9-14-15-12-7-4-5-8-13(12)16-14/h4-5,7-8,11H,6,9-10H2,1-3H3,(H,15,16). The molecule has 0 aliphatic carbocycles. The van der Waals surface area contributed by atoms with Crippen molar-refractivity contribution >= 4 is 11.0 Å². The Bertz CT molecular complexity index is 440. The van der Waals surface area contributed by atoms with Gasteiger partial charge in [-0.2, -0.15) is 0 Å². The lowest BCUT2D eigenvalue weighted by Gasteiger charge is -2.20. The fourth-order valence-corrected chi connectivity index (χ4v) is 1.88. The number of aryl methyl sites for hydroxylation is 1. The van der Waals surface area contributed by atoms with Crippen molar-refractivity contribution in [2.45, 2.75) is 32.7 Å². The second-order valence-electron chi connectivity index (χ2n) is 4.88. The molecule has 0 bridgehead atoms. The van der Waals surface area contributed by atoms with Gasteiger partial charge < -0.3 is 9.88 Å². The van der Waals surface area contributed by atoms with E-state index in [0.29, 0.717) is 6.04 Å². The Morgan fingerprint density at radius 3 is 2.76 bits per heavy atom. The monoisotopic (exact) mass is 231 g/mol. The number of nitrogens with zero attached hydrogens (tertiary/aromatic N) is 2.